The number of carbonyl (C=O) groups is 2. The van der Waals surface area contributed by atoms with Gasteiger partial charge in [-0.2, -0.15) is 0 Å². The number of fused-ring (bicyclic) bond motifs is 1. The summed E-state index contributed by atoms with van der Waals surface area (Å²) in [6, 6.07) is 6.23. The second-order valence-electron chi connectivity index (χ2n) is 5.66. The van der Waals surface area contributed by atoms with Crippen LogP contribution in [0.4, 0.5) is 5.69 Å². The number of imide groups is 1. The lowest BCUT2D eigenvalue weighted by molar-refractivity contribution is -0.122. The van der Waals surface area contributed by atoms with Crippen LogP contribution in [0.15, 0.2) is 24.3 Å². The van der Waals surface area contributed by atoms with E-state index in [2.05, 4.69) is 6.92 Å². The Hall–Kier alpha value is -1.84. The molecule has 0 bridgehead atoms. The number of carbonyl (C=O) groups excluding carboxylic acids is 2. The molecule has 2 fully saturated rings. The zero-order chi connectivity index (χ0) is 13.6. The minimum Gasteiger partial charge on any atom is -0.508 e. The largest absolute Gasteiger partial charge is 0.508 e. The molecule has 19 heavy (non-hydrogen) atoms. The van der Waals surface area contributed by atoms with Crippen LogP contribution in [0.2, 0.25) is 0 Å². The number of hydrogen-bond acceptors (Lipinski definition) is 3. The molecule has 2 amide bonds. The smallest absolute Gasteiger partial charge is 0.237 e. The predicted octanol–water partition coefficient (Wildman–Crippen LogP) is 2.32. The van der Waals surface area contributed by atoms with Crippen molar-refractivity contribution in [1.82, 2.24) is 0 Å². The van der Waals surface area contributed by atoms with Crippen LogP contribution in [-0.2, 0) is 9.59 Å². The molecule has 1 heterocycles. The van der Waals surface area contributed by atoms with Gasteiger partial charge in [-0.1, -0.05) is 6.92 Å². The maximum absolute atomic E-state index is 12.4. The van der Waals surface area contributed by atoms with E-state index >= 15 is 0 Å². The Morgan fingerprint density at radius 1 is 1.05 bits per heavy atom. The number of benzene rings is 1. The highest BCUT2D eigenvalue weighted by Crippen LogP contribution is 2.42. The number of rotatable bonds is 1. The Kier molecular flexibility index (Phi) is 2.81. The van der Waals surface area contributed by atoms with Crippen LogP contribution in [0, 0.1) is 17.8 Å². The highest BCUT2D eigenvalue weighted by Gasteiger charge is 2.49. The molecule has 100 valence electrons. The van der Waals surface area contributed by atoms with Crippen molar-refractivity contribution in [3.8, 4) is 5.75 Å². The van der Waals surface area contributed by atoms with Gasteiger partial charge in [0.25, 0.3) is 0 Å². The molecule has 1 aliphatic heterocycles. The first-order chi connectivity index (χ1) is 9.08. The Labute approximate surface area is 112 Å². The second kappa shape index (κ2) is 4.37. The van der Waals surface area contributed by atoms with E-state index in [-0.39, 0.29) is 29.4 Å². The molecule has 4 nitrogen and oxygen atoms in total. The maximum Gasteiger partial charge on any atom is 0.237 e. The fraction of sp³-hybridized carbons (Fsp3) is 0.467. The number of anilines is 1. The van der Waals surface area contributed by atoms with E-state index in [4.69, 9.17) is 0 Å². The molecule has 0 radical (unpaired) electrons. The molecule has 3 atom stereocenters. The second-order valence-corrected chi connectivity index (χ2v) is 5.66. The third kappa shape index (κ3) is 1.91. The Morgan fingerprint density at radius 3 is 2.37 bits per heavy atom. The molecular formula is C15H17NO3. The average Bonchev–Trinajstić information content (AvgIpc) is 2.63. The van der Waals surface area contributed by atoms with Crippen molar-refractivity contribution < 1.29 is 14.7 Å². The minimum atomic E-state index is -0.148. The van der Waals surface area contributed by atoms with Gasteiger partial charge >= 0.3 is 0 Å². The van der Waals surface area contributed by atoms with E-state index in [1.165, 1.54) is 17.0 Å². The lowest BCUT2D eigenvalue weighted by Gasteiger charge is -2.25. The summed E-state index contributed by atoms with van der Waals surface area (Å²) in [4.78, 5) is 26.1. The minimum absolute atomic E-state index is 0.0763. The number of aromatic hydroxyl groups is 1. The first-order valence-electron chi connectivity index (χ1n) is 6.75. The highest BCUT2D eigenvalue weighted by atomic mass is 16.3. The zero-order valence-corrected chi connectivity index (χ0v) is 10.9. The van der Waals surface area contributed by atoms with Gasteiger partial charge in [-0.25, -0.2) is 0 Å². The van der Waals surface area contributed by atoms with Crippen molar-refractivity contribution >= 4 is 17.5 Å². The van der Waals surface area contributed by atoms with Crippen LogP contribution in [0.3, 0.4) is 0 Å². The standard InChI is InChI=1S/C15H17NO3/c1-9-2-7-12-13(8-9)15(19)16(14(12)18)10-3-5-11(17)6-4-10/h3-6,9,12-13,17H,2,7-8H2,1H3/t9-,12+,13+/m0/s1. The van der Waals surface area contributed by atoms with Gasteiger partial charge in [0.1, 0.15) is 5.75 Å². The van der Waals surface area contributed by atoms with E-state index in [0.717, 1.165) is 19.3 Å². The van der Waals surface area contributed by atoms with E-state index < -0.39 is 0 Å². The normalized spacial score (nSPS) is 30.6. The van der Waals surface area contributed by atoms with Gasteiger partial charge in [0.15, 0.2) is 0 Å². The summed E-state index contributed by atoms with van der Waals surface area (Å²) in [6.07, 6.45) is 2.64. The SMILES string of the molecule is C[C@H]1CC[C@H]2C(=O)N(c3ccc(O)cc3)C(=O)[C@@H]2C1. The summed E-state index contributed by atoms with van der Waals surface area (Å²) in [5.74, 6) is 0.203. The van der Waals surface area contributed by atoms with Crippen LogP contribution in [-0.4, -0.2) is 16.9 Å². The Balaban J connectivity index is 1.93. The predicted molar refractivity (Wildman–Crippen MR) is 70.6 cm³/mol. The summed E-state index contributed by atoms with van der Waals surface area (Å²) in [6.45, 7) is 2.14. The molecule has 0 spiro atoms. The third-order valence-corrected chi connectivity index (χ3v) is 4.30. The van der Waals surface area contributed by atoms with Crippen molar-refractivity contribution in [2.45, 2.75) is 26.2 Å². The van der Waals surface area contributed by atoms with Gasteiger partial charge in [-0.3, -0.25) is 14.5 Å². The number of amides is 2. The highest BCUT2D eigenvalue weighted by molar-refractivity contribution is 6.22. The number of phenolic OH excluding ortho intramolecular Hbond substituents is 1. The quantitative estimate of drug-likeness (QED) is 0.787. The lowest BCUT2D eigenvalue weighted by Crippen LogP contribution is -2.30. The summed E-state index contributed by atoms with van der Waals surface area (Å²) < 4.78 is 0. The van der Waals surface area contributed by atoms with E-state index in [0.29, 0.717) is 11.6 Å². The molecule has 0 unspecified atom stereocenters. The van der Waals surface area contributed by atoms with Gasteiger partial charge in [-0.05, 0) is 49.4 Å². The van der Waals surface area contributed by atoms with Gasteiger partial charge in [0, 0.05) is 0 Å². The van der Waals surface area contributed by atoms with Gasteiger partial charge in [0.05, 0.1) is 17.5 Å². The molecule has 4 heteroatoms. The molecule has 2 aliphatic rings. The van der Waals surface area contributed by atoms with Crippen LogP contribution >= 0.6 is 0 Å². The topological polar surface area (TPSA) is 57.6 Å². The molecule has 1 aliphatic carbocycles. The third-order valence-electron chi connectivity index (χ3n) is 4.30. The van der Waals surface area contributed by atoms with E-state index in [1.54, 1.807) is 12.1 Å². The molecule has 3 rings (SSSR count). The van der Waals surface area contributed by atoms with Gasteiger partial charge in [-0.15, -0.1) is 0 Å². The first-order valence-corrected chi connectivity index (χ1v) is 6.75. The fourth-order valence-corrected chi connectivity index (χ4v) is 3.25. The number of phenols is 1. The number of hydrogen-bond donors (Lipinski definition) is 1. The van der Waals surface area contributed by atoms with E-state index in [9.17, 15) is 14.7 Å². The molecule has 1 saturated carbocycles. The Morgan fingerprint density at radius 2 is 1.68 bits per heavy atom. The maximum atomic E-state index is 12.4. The first kappa shape index (κ1) is 12.2. The number of nitrogens with zero attached hydrogens (tertiary/aromatic N) is 1. The van der Waals surface area contributed by atoms with Crippen LogP contribution in [0.1, 0.15) is 26.2 Å². The average molecular weight is 259 g/mol. The zero-order valence-electron chi connectivity index (χ0n) is 10.9. The molecule has 1 saturated heterocycles. The molecule has 1 aromatic rings. The summed E-state index contributed by atoms with van der Waals surface area (Å²) in [5.41, 5.74) is 0.565. The monoisotopic (exact) mass is 259 g/mol. The van der Waals surface area contributed by atoms with Crippen LogP contribution in [0.25, 0.3) is 0 Å². The van der Waals surface area contributed by atoms with Gasteiger partial charge < -0.3 is 5.11 Å². The molecule has 1 aromatic carbocycles. The molecule has 1 N–H and O–H groups in total. The Bertz CT molecular complexity index is 523. The lowest BCUT2D eigenvalue weighted by atomic mass is 9.76. The van der Waals surface area contributed by atoms with Crippen molar-refractivity contribution in [2.75, 3.05) is 4.90 Å². The van der Waals surface area contributed by atoms with Crippen molar-refractivity contribution in [3.05, 3.63) is 24.3 Å². The summed E-state index contributed by atoms with van der Waals surface area (Å²) in [7, 11) is 0. The fourth-order valence-electron chi connectivity index (χ4n) is 3.25. The van der Waals surface area contributed by atoms with Crippen molar-refractivity contribution in [1.29, 1.82) is 0 Å². The van der Waals surface area contributed by atoms with Crippen LogP contribution in [0.5, 0.6) is 5.75 Å². The van der Waals surface area contributed by atoms with Gasteiger partial charge in [0.2, 0.25) is 11.8 Å². The van der Waals surface area contributed by atoms with Crippen LogP contribution < -0.4 is 4.90 Å². The molecule has 0 aromatic heterocycles. The summed E-state index contributed by atoms with van der Waals surface area (Å²) in [5, 5.41) is 9.28. The molecular weight excluding hydrogens is 242 g/mol. The van der Waals surface area contributed by atoms with Crippen molar-refractivity contribution in [3.63, 3.8) is 0 Å². The summed E-state index contributed by atoms with van der Waals surface area (Å²) >= 11 is 0. The van der Waals surface area contributed by atoms with Crippen molar-refractivity contribution in [2.24, 2.45) is 17.8 Å². The van der Waals surface area contributed by atoms with E-state index in [1.807, 2.05) is 0 Å².